The summed E-state index contributed by atoms with van der Waals surface area (Å²) in [6.45, 7) is 1.26. The normalized spacial score (nSPS) is 19.4. The average Bonchev–Trinajstić information content (AvgIpc) is 2.80. The molecule has 0 saturated carbocycles. The van der Waals surface area contributed by atoms with Crippen molar-refractivity contribution in [3.63, 3.8) is 0 Å². The molecule has 0 aliphatic carbocycles. The van der Waals surface area contributed by atoms with E-state index in [4.69, 9.17) is 22.2 Å². The van der Waals surface area contributed by atoms with Crippen molar-refractivity contribution >= 4 is 28.9 Å². The molecule has 2 aromatic carbocycles. The van der Waals surface area contributed by atoms with E-state index in [0.29, 0.717) is 61.0 Å². The van der Waals surface area contributed by atoms with Crippen LogP contribution in [0.5, 0.6) is 5.75 Å². The van der Waals surface area contributed by atoms with Gasteiger partial charge >= 0.3 is 0 Å². The Morgan fingerprint density at radius 2 is 2.06 bits per heavy atom. The molecule has 0 aromatic heterocycles. The molecule has 9 heteroatoms. The molecule has 2 aromatic rings. The summed E-state index contributed by atoms with van der Waals surface area (Å²) >= 11 is 6.13. The molecule has 1 amide bonds. The van der Waals surface area contributed by atoms with Crippen LogP contribution in [0.25, 0.3) is 0 Å². The number of nitrogens with one attached hydrogen (secondary N) is 2. The molecule has 0 spiro atoms. The Morgan fingerprint density at radius 3 is 2.71 bits per heavy atom. The number of halogens is 2. The molecule has 31 heavy (non-hydrogen) atoms. The molecule has 1 fully saturated rings. The van der Waals surface area contributed by atoms with Crippen molar-refractivity contribution in [3.05, 3.63) is 52.8 Å². The van der Waals surface area contributed by atoms with Crippen molar-refractivity contribution in [2.24, 2.45) is 11.3 Å². The fraction of sp³-hybridized carbons (Fsp3) is 0.364. The van der Waals surface area contributed by atoms with Gasteiger partial charge in [0.2, 0.25) is 0 Å². The van der Waals surface area contributed by atoms with E-state index < -0.39 is 11.5 Å². The van der Waals surface area contributed by atoms with Crippen molar-refractivity contribution in [2.45, 2.75) is 25.4 Å². The van der Waals surface area contributed by atoms with Gasteiger partial charge in [0.05, 0.1) is 34.4 Å². The number of fused-ring (bicyclic) bond motifs is 1. The van der Waals surface area contributed by atoms with Crippen LogP contribution in [0.4, 0.5) is 15.8 Å². The van der Waals surface area contributed by atoms with Gasteiger partial charge in [0.25, 0.3) is 5.91 Å². The number of ether oxygens (including phenoxy) is 1. The van der Waals surface area contributed by atoms with Crippen LogP contribution in [0.1, 0.15) is 18.4 Å². The standard InChI is InChI=1S/C22H23ClFN5O2/c23-16-9-18-19(10-17(16)28-26)31-20(12-27-18)21(30)29-7-5-22(13-25,6-8-29)11-14-1-3-15(24)4-2-14/h1-4,9-10,20,27-28H,5-8,11-12,26H2. The van der Waals surface area contributed by atoms with Gasteiger partial charge in [-0.15, -0.1) is 0 Å². The maximum Gasteiger partial charge on any atom is 0.265 e. The number of likely N-dealkylation sites (tertiary alicyclic amines) is 1. The molecule has 7 nitrogen and oxygen atoms in total. The Kier molecular flexibility index (Phi) is 5.90. The maximum absolute atomic E-state index is 13.2. The number of amides is 1. The highest BCUT2D eigenvalue weighted by atomic mass is 35.5. The summed E-state index contributed by atoms with van der Waals surface area (Å²) in [6.07, 6.45) is 0.974. The van der Waals surface area contributed by atoms with E-state index in [0.717, 1.165) is 5.56 Å². The number of hydrogen-bond acceptors (Lipinski definition) is 6. The Labute approximate surface area is 184 Å². The van der Waals surface area contributed by atoms with Crippen LogP contribution in [0.2, 0.25) is 5.02 Å². The van der Waals surface area contributed by atoms with E-state index in [1.807, 2.05) is 0 Å². The topological polar surface area (TPSA) is 103 Å². The zero-order chi connectivity index (χ0) is 22.0. The van der Waals surface area contributed by atoms with Gasteiger partial charge in [-0.05, 0) is 43.0 Å². The van der Waals surface area contributed by atoms with Gasteiger partial charge in [0.1, 0.15) is 11.6 Å². The quantitative estimate of drug-likeness (QED) is 0.494. The van der Waals surface area contributed by atoms with Gasteiger partial charge in [-0.2, -0.15) is 5.26 Å². The van der Waals surface area contributed by atoms with Crippen LogP contribution in [0.3, 0.4) is 0 Å². The van der Waals surface area contributed by atoms with Crippen LogP contribution in [0, 0.1) is 22.6 Å². The van der Waals surface area contributed by atoms with Crippen molar-refractivity contribution in [1.82, 2.24) is 4.90 Å². The Morgan fingerprint density at radius 1 is 1.35 bits per heavy atom. The molecule has 0 bridgehead atoms. The SMILES string of the molecule is N#CC1(Cc2ccc(F)cc2)CCN(C(=O)C2CNc3cc(Cl)c(NN)cc3O2)CC1. The van der Waals surface area contributed by atoms with Crippen LogP contribution >= 0.6 is 11.6 Å². The molecule has 2 aliphatic heterocycles. The predicted molar refractivity (Wildman–Crippen MR) is 116 cm³/mol. The zero-order valence-electron chi connectivity index (χ0n) is 16.8. The van der Waals surface area contributed by atoms with Gasteiger partial charge < -0.3 is 20.4 Å². The molecular formula is C22H23ClFN5O2. The first-order valence-electron chi connectivity index (χ1n) is 10.1. The molecule has 162 valence electrons. The molecule has 2 heterocycles. The number of piperidine rings is 1. The van der Waals surface area contributed by atoms with E-state index in [2.05, 4.69) is 16.8 Å². The molecule has 1 saturated heterocycles. The number of hydrazine groups is 1. The van der Waals surface area contributed by atoms with Crippen LogP contribution in [-0.4, -0.2) is 36.5 Å². The van der Waals surface area contributed by atoms with Crippen LogP contribution in [0.15, 0.2) is 36.4 Å². The Bertz CT molecular complexity index is 1020. The molecule has 1 unspecified atom stereocenters. The Hall–Kier alpha value is -3.02. The minimum absolute atomic E-state index is 0.122. The molecule has 1 atom stereocenters. The molecular weight excluding hydrogens is 421 g/mol. The first-order chi connectivity index (χ1) is 14.9. The molecule has 4 N–H and O–H groups in total. The largest absolute Gasteiger partial charge is 0.476 e. The second-order valence-electron chi connectivity index (χ2n) is 7.98. The van der Waals surface area contributed by atoms with Crippen molar-refractivity contribution < 1.29 is 13.9 Å². The second-order valence-corrected chi connectivity index (χ2v) is 8.39. The van der Waals surface area contributed by atoms with Crippen molar-refractivity contribution in [1.29, 1.82) is 5.26 Å². The smallest absolute Gasteiger partial charge is 0.265 e. The average molecular weight is 444 g/mol. The van der Waals surface area contributed by atoms with Gasteiger partial charge in [-0.25, -0.2) is 4.39 Å². The van der Waals surface area contributed by atoms with Gasteiger partial charge in [0, 0.05) is 19.2 Å². The van der Waals surface area contributed by atoms with Gasteiger partial charge in [-0.3, -0.25) is 10.6 Å². The molecule has 2 aliphatic rings. The highest BCUT2D eigenvalue weighted by Crippen LogP contribution is 2.38. The highest BCUT2D eigenvalue weighted by Gasteiger charge is 2.39. The zero-order valence-corrected chi connectivity index (χ0v) is 17.6. The van der Waals surface area contributed by atoms with E-state index in [9.17, 15) is 14.4 Å². The fourth-order valence-electron chi connectivity index (χ4n) is 4.11. The molecule has 0 radical (unpaired) electrons. The lowest BCUT2D eigenvalue weighted by atomic mass is 9.75. The number of nitrogen functional groups attached to an aromatic ring is 1. The number of nitrogens with two attached hydrogens (primary N) is 1. The Balaban J connectivity index is 1.40. The van der Waals surface area contributed by atoms with E-state index in [-0.39, 0.29) is 11.7 Å². The third kappa shape index (κ3) is 4.38. The van der Waals surface area contributed by atoms with E-state index in [1.54, 1.807) is 29.2 Å². The third-order valence-corrected chi connectivity index (χ3v) is 6.29. The number of nitriles is 1. The van der Waals surface area contributed by atoms with E-state index in [1.165, 1.54) is 12.1 Å². The van der Waals surface area contributed by atoms with Crippen LogP contribution < -0.4 is 21.3 Å². The minimum atomic E-state index is -0.675. The number of nitrogens with zero attached hydrogens (tertiary/aromatic N) is 2. The summed E-state index contributed by atoms with van der Waals surface area (Å²) in [7, 11) is 0. The second kappa shape index (κ2) is 8.61. The first kappa shape index (κ1) is 21.2. The van der Waals surface area contributed by atoms with Crippen LogP contribution in [-0.2, 0) is 11.2 Å². The fourth-order valence-corrected chi connectivity index (χ4v) is 4.33. The summed E-state index contributed by atoms with van der Waals surface area (Å²) in [5.41, 5.74) is 4.07. The summed E-state index contributed by atoms with van der Waals surface area (Å²) in [5, 5.41) is 13.5. The third-order valence-electron chi connectivity index (χ3n) is 5.97. The number of rotatable bonds is 4. The first-order valence-corrected chi connectivity index (χ1v) is 10.5. The number of anilines is 2. The molecule has 4 rings (SSSR count). The highest BCUT2D eigenvalue weighted by molar-refractivity contribution is 6.33. The predicted octanol–water partition coefficient (Wildman–Crippen LogP) is 3.31. The maximum atomic E-state index is 13.2. The monoisotopic (exact) mass is 443 g/mol. The minimum Gasteiger partial charge on any atom is -0.476 e. The number of hydrogen-bond donors (Lipinski definition) is 3. The number of benzene rings is 2. The van der Waals surface area contributed by atoms with Crippen molar-refractivity contribution in [3.8, 4) is 11.8 Å². The van der Waals surface area contributed by atoms with Crippen molar-refractivity contribution in [2.75, 3.05) is 30.4 Å². The van der Waals surface area contributed by atoms with Gasteiger partial charge in [0.15, 0.2) is 6.10 Å². The number of carbonyl (C=O) groups is 1. The van der Waals surface area contributed by atoms with E-state index >= 15 is 0 Å². The number of carbonyl (C=O) groups excluding carboxylic acids is 1. The van der Waals surface area contributed by atoms with Gasteiger partial charge in [-0.1, -0.05) is 23.7 Å². The summed E-state index contributed by atoms with van der Waals surface area (Å²) in [4.78, 5) is 14.8. The summed E-state index contributed by atoms with van der Waals surface area (Å²) < 4.78 is 19.1. The summed E-state index contributed by atoms with van der Waals surface area (Å²) in [5.74, 6) is 5.55. The lowest BCUT2D eigenvalue weighted by Gasteiger charge is -2.39. The lowest BCUT2D eigenvalue weighted by Crippen LogP contribution is -2.51. The lowest BCUT2D eigenvalue weighted by molar-refractivity contribution is -0.140. The summed E-state index contributed by atoms with van der Waals surface area (Å²) in [6, 6.07) is 12.0.